The van der Waals surface area contributed by atoms with Crippen molar-refractivity contribution in [1.82, 2.24) is 10.2 Å². The van der Waals surface area contributed by atoms with E-state index in [4.69, 9.17) is 4.74 Å². The molecular formula is C18H29N3O2. The third-order valence-electron chi connectivity index (χ3n) is 3.74. The van der Waals surface area contributed by atoms with Gasteiger partial charge in [0.25, 0.3) is 0 Å². The van der Waals surface area contributed by atoms with Gasteiger partial charge in [0.15, 0.2) is 0 Å². The van der Waals surface area contributed by atoms with E-state index in [0.717, 1.165) is 37.3 Å². The lowest BCUT2D eigenvalue weighted by Crippen LogP contribution is -2.36. The Morgan fingerprint density at radius 2 is 2.09 bits per heavy atom. The highest BCUT2D eigenvalue weighted by Gasteiger charge is 2.30. The molecule has 1 N–H and O–H groups in total. The Bertz CT molecular complexity index is 550. The van der Waals surface area contributed by atoms with Crippen LogP contribution in [0.1, 0.15) is 31.9 Å². The molecule has 5 nitrogen and oxygen atoms in total. The van der Waals surface area contributed by atoms with Gasteiger partial charge in [0.2, 0.25) is 0 Å². The smallest absolute Gasteiger partial charge is 0.414 e. The van der Waals surface area contributed by atoms with Crippen LogP contribution in [-0.4, -0.2) is 50.3 Å². The number of rotatable bonds is 5. The number of likely N-dealkylation sites (N-methyl/N-ethyl adjacent to an activating group) is 1. The van der Waals surface area contributed by atoms with Gasteiger partial charge in [0, 0.05) is 26.2 Å². The first-order valence-corrected chi connectivity index (χ1v) is 8.24. The number of para-hydroxylation sites is 1. The standard InChI is InChI=1S/C18H29N3O2/c1-18(2,3)23-17(22)21-11-9-14-7-6-8-15(16(14)21)13-19-10-12-20(4)5/h6-8,19H,9-13H2,1-5H3. The van der Waals surface area contributed by atoms with Crippen molar-refractivity contribution in [3.05, 3.63) is 29.3 Å². The van der Waals surface area contributed by atoms with Gasteiger partial charge in [-0.15, -0.1) is 0 Å². The van der Waals surface area contributed by atoms with Crippen molar-refractivity contribution in [2.75, 3.05) is 38.6 Å². The number of ether oxygens (including phenoxy) is 1. The van der Waals surface area contributed by atoms with Crippen molar-refractivity contribution in [3.8, 4) is 0 Å². The molecule has 0 aliphatic carbocycles. The van der Waals surface area contributed by atoms with Crippen molar-refractivity contribution >= 4 is 11.8 Å². The second kappa shape index (κ2) is 7.32. The molecule has 1 aromatic carbocycles. The number of hydrogen-bond acceptors (Lipinski definition) is 4. The minimum absolute atomic E-state index is 0.253. The molecule has 5 heteroatoms. The van der Waals surface area contributed by atoms with Gasteiger partial charge in [-0.05, 0) is 52.4 Å². The third kappa shape index (κ3) is 4.94. The Labute approximate surface area is 139 Å². The van der Waals surface area contributed by atoms with Crippen LogP contribution in [0.3, 0.4) is 0 Å². The van der Waals surface area contributed by atoms with E-state index in [1.807, 2.05) is 20.8 Å². The second-order valence-electron chi connectivity index (χ2n) is 7.29. The molecule has 0 bridgehead atoms. The average molecular weight is 319 g/mol. The van der Waals surface area contributed by atoms with Crippen molar-refractivity contribution in [3.63, 3.8) is 0 Å². The first kappa shape index (κ1) is 17.8. The molecule has 0 radical (unpaired) electrons. The molecule has 0 unspecified atom stereocenters. The van der Waals surface area contributed by atoms with Crippen LogP contribution in [0.4, 0.5) is 10.5 Å². The highest BCUT2D eigenvalue weighted by Crippen LogP contribution is 2.33. The van der Waals surface area contributed by atoms with Crippen LogP contribution in [0.25, 0.3) is 0 Å². The fourth-order valence-corrected chi connectivity index (χ4v) is 2.70. The van der Waals surface area contributed by atoms with Crippen LogP contribution in [0.2, 0.25) is 0 Å². The zero-order valence-electron chi connectivity index (χ0n) is 15.0. The molecule has 2 rings (SSSR count). The van der Waals surface area contributed by atoms with Crippen LogP contribution in [0, 0.1) is 0 Å². The van der Waals surface area contributed by atoms with Crippen LogP contribution >= 0.6 is 0 Å². The summed E-state index contributed by atoms with van der Waals surface area (Å²) in [6, 6.07) is 6.26. The zero-order chi connectivity index (χ0) is 17.0. The molecule has 0 spiro atoms. The summed E-state index contributed by atoms with van der Waals surface area (Å²) in [5.41, 5.74) is 2.94. The fourth-order valence-electron chi connectivity index (χ4n) is 2.70. The summed E-state index contributed by atoms with van der Waals surface area (Å²) in [5, 5.41) is 3.45. The number of carbonyl (C=O) groups is 1. The van der Waals surface area contributed by atoms with E-state index in [-0.39, 0.29) is 6.09 Å². The van der Waals surface area contributed by atoms with Gasteiger partial charge < -0.3 is 15.0 Å². The van der Waals surface area contributed by atoms with Crippen LogP contribution in [0.15, 0.2) is 18.2 Å². The third-order valence-corrected chi connectivity index (χ3v) is 3.74. The molecule has 0 fully saturated rings. The van der Waals surface area contributed by atoms with Crippen LogP contribution in [-0.2, 0) is 17.7 Å². The summed E-state index contributed by atoms with van der Waals surface area (Å²) >= 11 is 0. The molecule has 0 saturated heterocycles. The minimum Gasteiger partial charge on any atom is -0.443 e. The Balaban J connectivity index is 2.09. The Morgan fingerprint density at radius 3 is 2.74 bits per heavy atom. The quantitative estimate of drug-likeness (QED) is 0.848. The Morgan fingerprint density at radius 1 is 1.35 bits per heavy atom. The lowest BCUT2D eigenvalue weighted by atomic mass is 10.1. The summed E-state index contributed by atoms with van der Waals surface area (Å²) in [5.74, 6) is 0. The molecule has 0 aromatic heterocycles. The van der Waals surface area contributed by atoms with E-state index >= 15 is 0 Å². The highest BCUT2D eigenvalue weighted by atomic mass is 16.6. The van der Waals surface area contributed by atoms with Gasteiger partial charge in [0.1, 0.15) is 5.60 Å². The predicted molar refractivity (Wildman–Crippen MR) is 94.0 cm³/mol. The first-order valence-electron chi connectivity index (χ1n) is 8.24. The molecule has 0 saturated carbocycles. The number of nitrogens with zero attached hydrogens (tertiary/aromatic N) is 2. The molecule has 0 atom stereocenters. The summed E-state index contributed by atoms with van der Waals surface area (Å²) in [4.78, 5) is 16.4. The van der Waals surface area contributed by atoms with Crippen LogP contribution < -0.4 is 10.2 Å². The topological polar surface area (TPSA) is 44.8 Å². The molecule has 1 aliphatic heterocycles. The van der Waals surface area contributed by atoms with E-state index < -0.39 is 5.60 Å². The predicted octanol–water partition coefficient (Wildman–Crippen LogP) is 2.64. The van der Waals surface area contributed by atoms with Crippen molar-refractivity contribution in [2.45, 2.75) is 39.3 Å². The summed E-state index contributed by atoms with van der Waals surface area (Å²) < 4.78 is 5.55. The van der Waals surface area contributed by atoms with E-state index in [9.17, 15) is 4.79 Å². The van der Waals surface area contributed by atoms with Gasteiger partial charge in [-0.1, -0.05) is 18.2 Å². The molecule has 1 amide bonds. The Hall–Kier alpha value is -1.59. The van der Waals surface area contributed by atoms with Gasteiger partial charge >= 0.3 is 6.09 Å². The van der Waals surface area contributed by atoms with Gasteiger partial charge in [-0.2, -0.15) is 0 Å². The maximum absolute atomic E-state index is 12.5. The number of amides is 1. The van der Waals surface area contributed by atoms with Gasteiger partial charge in [0.05, 0.1) is 5.69 Å². The molecule has 1 aromatic rings. The zero-order valence-corrected chi connectivity index (χ0v) is 15.0. The fraction of sp³-hybridized carbons (Fsp3) is 0.611. The molecule has 128 valence electrons. The molecular weight excluding hydrogens is 290 g/mol. The van der Waals surface area contributed by atoms with Gasteiger partial charge in [-0.25, -0.2) is 4.79 Å². The van der Waals surface area contributed by atoms with E-state index in [0.29, 0.717) is 6.54 Å². The number of anilines is 1. The number of carbonyl (C=O) groups excluding carboxylic acids is 1. The number of nitrogens with one attached hydrogen (secondary N) is 1. The maximum Gasteiger partial charge on any atom is 0.414 e. The SMILES string of the molecule is CN(C)CCNCc1cccc2c1N(C(=O)OC(C)(C)C)CC2. The molecule has 1 heterocycles. The van der Waals surface area contributed by atoms with Crippen molar-refractivity contribution < 1.29 is 9.53 Å². The van der Waals surface area contributed by atoms with E-state index in [2.05, 4.69) is 42.5 Å². The summed E-state index contributed by atoms with van der Waals surface area (Å²) in [7, 11) is 4.12. The summed E-state index contributed by atoms with van der Waals surface area (Å²) in [6.07, 6.45) is 0.636. The Kier molecular flexibility index (Phi) is 5.65. The largest absolute Gasteiger partial charge is 0.443 e. The van der Waals surface area contributed by atoms with Gasteiger partial charge in [-0.3, -0.25) is 4.90 Å². The number of benzene rings is 1. The first-order chi connectivity index (χ1) is 10.8. The second-order valence-corrected chi connectivity index (χ2v) is 7.29. The lowest BCUT2D eigenvalue weighted by Gasteiger charge is -2.26. The van der Waals surface area contributed by atoms with E-state index in [1.165, 1.54) is 5.56 Å². The average Bonchev–Trinajstić information content (AvgIpc) is 2.86. The number of hydrogen-bond donors (Lipinski definition) is 1. The lowest BCUT2D eigenvalue weighted by molar-refractivity contribution is 0.0583. The van der Waals surface area contributed by atoms with Crippen molar-refractivity contribution in [2.24, 2.45) is 0 Å². The highest BCUT2D eigenvalue weighted by molar-refractivity contribution is 5.91. The normalized spacial score (nSPS) is 14.3. The molecule has 1 aliphatic rings. The summed E-state index contributed by atoms with van der Waals surface area (Å²) in [6.45, 7) is 9.06. The van der Waals surface area contributed by atoms with Crippen LogP contribution in [0.5, 0.6) is 0 Å². The monoisotopic (exact) mass is 319 g/mol. The minimum atomic E-state index is -0.473. The number of fused-ring (bicyclic) bond motifs is 1. The maximum atomic E-state index is 12.5. The molecule has 23 heavy (non-hydrogen) atoms. The van der Waals surface area contributed by atoms with E-state index in [1.54, 1.807) is 4.90 Å². The van der Waals surface area contributed by atoms with Crippen molar-refractivity contribution in [1.29, 1.82) is 0 Å².